The maximum absolute atomic E-state index is 11.0. The zero-order valence-corrected chi connectivity index (χ0v) is 8.42. The number of hydrogen-bond acceptors (Lipinski definition) is 4. The summed E-state index contributed by atoms with van der Waals surface area (Å²) < 4.78 is 0. The van der Waals surface area contributed by atoms with E-state index in [4.69, 9.17) is 10.8 Å². The number of carbonyl (C=O) groups is 1. The summed E-state index contributed by atoms with van der Waals surface area (Å²) >= 11 is 0. The standard InChI is InChI=1S/C9H20N2O2/c1-7(13)9(11-2)5-3-4-8(10)6-12/h8-9,11-12H,3-6,10H2,1-2H3. The summed E-state index contributed by atoms with van der Waals surface area (Å²) in [6.45, 7) is 1.59. The number of nitrogens with two attached hydrogens (primary N) is 1. The minimum Gasteiger partial charge on any atom is -0.395 e. The van der Waals surface area contributed by atoms with Crippen molar-refractivity contribution in [2.45, 2.75) is 38.3 Å². The fraction of sp³-hybridized carbons (Fsp3) is 0.889. The number of hydrogen-bond donors (Lipinski definition) is 3. The number of aliphatic hydroxyl groups is 1. The first-order chi connectivity index (χ1) is 6.11. The third-order valence-electron chi connectivity index (χ3n) is 2.14. The van der Waals surface area contributed by atoms with Gasteiger partial charge < -0.3 is 16.2 Å². The van der Waals surface area contributed by atoms with Gasteiger partial charge in [-0.05, 0) is 33.2 Å². The molecule has 0 fully saturated rings. The molecule has 0 aliphatic rings. The van der Waals surface area contributed by atoms with Crippen LogP contribution in [0.2, 0.25) is 0 Å². The van der Waals surface area contributed by atoms with Crippen molar-refractivity contribution < 1.29 is 9.90 Å². The lowest BCUT2D eigenvalue weighted by atomic mass is 10.0. The predicted molar refractivity (Wildman–Crippen MR) is 52.4 cm³/mol. The molecule has 0 bridgehead atoms. The van der Waals surface area contributed by atoms with Crippen molar-refractivity contribution in [1.82, 2.24) is 5.32 Å². The van der Waals surface area contributed by atoms with E-state index in [9.17, 15) is 4.79 Å². The van der Waals surface area contributed by atoms with Gasteiger partial charge in [0.1, 0.15) is 5.78 Å². The summed E-state index contributed by atoms with van der Waals surface area (Å²) in [7, 11) is 1.78. The maximum atomic E-state index is 11.0. The fourth-order valence-electron chi connectivity index (χ4n) is 1.23. The minimum absolute atomic E-state index is 0.0181. The van der Waals surface area contributed by atoms with Crippen LogP contribution in [0.1, 0.15) is 26.2 Å². The Kier molecular flexibility index (Phi) is 6.76. The average Bonchev–Trinajstić information content (AvgIpc) is 2.11. The van der Waals surface area contributed by atoms with Crippen LogP contribution in [-0.2, 0) is 4.79 Å². The van der Waals surface area contributed by atoms with Crippen LogP contribution in [0.5, 0.6) is 0 Å². The van der Waals surface area contributed by atoms with Crippen LogP contribution in [0.4, 0.5) is 0 Å². The number of carbonyl (C=O) groups excluding carboxylic acids is 1. The molecule has 0 aromatic rings. The smallest absolute Gasteiger partial charge is 0.146 e. The van der Waals surface area contributed by atoms with Crippen molar-refractivity contribution in [3.63, 3.8) is 0 Å². The van der Waals surface area contributed by atoms with Crippen LogP contribution in [0.3, 0.4) is 0 Å². The van der Waals surface area contributed by atoms with Gasteiger partial charge in [-0.25, -0.2) is 0 Å². The summed E-state index contributed by atoms with van der Waals surface area (Å²) in [4.78, 5) is 11.0. The van der Waals surface area contributed by atoms with E-state index in [1.165, 1.54) is 0 Å². The van der Waals surface area contributed by atoms with Gasteiger partial charge in [0.25, 0.3) is 0 Å². The zero-order valence-electron chi connectivity index (χ0n) is 8.42. The van der Waals surface area contributed by atoms with Crippen molar-refractivity contribution in [1.29, 1.82) is 0 Å². The molecule has 78 valence electrons. The molecule has 0 radical (unpaired) electrons. The Hall–Kier alpha value is -0.450. The Morgan fingerprint density at radius 1 is 1.54 bits per heavy atom. The average molecular weight is 188 g/mol. The van der Waals surface area contributed by atoms with Crippen LogP contribution in [0, 0.1) is 0 Å². The highest BCUT2D eigenvalue weighted by Gasteiger charge is 2.11. The number of ketones is 1. The molecule has 0 aromatic heterocycles. The van der Waals surface area contributed by atoms with Gasteiger partial charge in [-0.15, -0.1) is 0 Å². The maximum Gasteiger partial charge on any atom is 0.146 e. The first kappa shape index (κ1) is 12.6. The first-order valence-electron chi connectivity index (χ1n) is 4.66. The Morgan fingerprint density at radius 2 is 2.15 bits per heavy atom. The van der Waals surface area contributed by atoms with Crippen molar-refractivity contribution in [3.05, 3.63) is 0 Å². The van der Waals surface area contributed by atoms with E-state index in [0.717, 1.165) is 19.3 Å². The quantitative estimate of drug-likeness (QED) is 0.510. The van der Waals surface area contributed by atoms with Crippen molar-refractivity contribution in [2.75, 3.05) is 13.7 Å². The molecule has 0 amide bonds. The van der Waals surface area contributed by atoms with Gasteiger partial charge >= 0.3 is 0 Å². The molecule has 0 aliphatic heterocycles. The van der Waals surface area contributed by atoms with E-state index in [1.54, 1.807) is 14.0 Å². The van der Waals surface area contributed by atoms with Gasteiger partial charge in [0.15, 0.2) is 0 Å². The Bertz CT molecular complexity index is 151. The molecule has 2 unspecified atom stereocenters. The fourth-order valence-corrected chi connectivity index (χ4v) is 1.23. The van der Waals surface area contributed by atoms with Gasteiger partial charge in [-0.1, -0.05) is 0 Å². The second-order valence-corrected chi connectivity index (χ2v) is 3.33. The molecule has 4 nitrogen and oxygen atoms in total. The highest BCUT2D eigenvalue weighted by atomic mass is 16.3. The van der Waals surface area contributed by atoms with Crippen molar-refractivity contribution in [3.8, 4) is 0 Å². The van der Waals surface area contributed by atoms with Crippen molar-refractivity contribution >= 4 is 5.78 Å². The predicted octanol–water partition coefficient (Wildman–Crippen LogP) is -0.347. The molecule has 4 N–H and O–H groups in total. The van der Waals surface area contributed by atoms with E-state index in [0.29, 0.717) is 0 Å². The SMILES string of the molecule is CNC(CCCC(N)CO)C(C)=O. The molecule has 0 spiro atoms. The molecule has 0 saturated heterocycles. The van der Waals surface area contributed by atoms with Gasteiger partial charge in [-0.2, -0.15) is 0 Å². The van der Waals surface area contributed by atoms with Crippen LogP contribution < -0.4 is 11.1 Å². The monoisotopic (exact) mass is 188 g/mol. The second kappa shape index (κ2) is 7.00. The van der Waals surface area contributed by atoms with Crippen LogP contribution >= 0.6 is 0 Å². The van der Waals surface area contributed by atoms with E-state index >= 15 is 0 Å². The molecule has 0 rings (SSSR count). The topological polar surface area (TPSA) is 75.3 Å². The Balaban J connectivity index is 3.55. The minimum atomic E-state index is -0.149. The number of likely N-dealkylation sites (N-methyl/N-ethyl adjacent to an activating group) is 1. The number of Topliss-reactive ketones (excluding diaryl/α,β-unsaturated/α-hetero) is 1. The molecule has 0 aromatic carbocycles. The summed E-state index contributed by atoms with van der Waals surface area (Å²) in [5.74, 6) is 0.153. The lowest BCUT2D eigenvalue weighted by molar-refractivity contribution is -0.119. The summed E-state index contributed by atoms with van der Waals surface area (Å²) in [5.41, 5.74) is 5.52. The molecule has 0 aliphatic carbocycles. The Morgan fingerprint density at radius 3 is 2.54 bits per heavy atom. The van der Waals surface area contributed by atoms with Gasteiger partial charge in [-0.3, -0.25) is 4.79 Å². The Labute approximate surface area is 79.5 Å². The summed E-state index contributed by atoms with van der Waals surface area (Å²) in [6, 6.07) is -0.213. The van der Waals surface area contributed by atoms with Crippen LogP contribution in [0.15, 0.2) is 0 Å². The molecular formula is C9H20N2O2. The molecule has 2 atom stereocenters. The zero-order chi connectivity index (χ0) is 10.3. The summed E-state index contributed by atoms with van der Waals surface area (Å²) in [6.07, 6.45) is 2.42. The van der Waals surface area contributed by atoms with E-state index in [-0.39, 0.29) is 24.5 Å². The van der Waals surface area contributed by atoms with E-state index < -0.39 is 0 Å². The van der Waals surface area contributed by atoms with Gasteiger partial charge in [0.2, 0.25) is 0 Å². The summed E-state index contributed by atoms with van der Waals surface area (Å²) in [5, 5.41) is 11.6. The number of aliphatic hydroxyl groups excluding tert-OH is 1. The largest absolute Gasteiger partial charge is 0.395 e. The van der Waals surface area contributed by atoms with Crippen LogP contribution in [0.25, 0.3) is 0 Å². The molecule has 13 heavy (non-hydrogen) atoms. The molecule has 4 heteroatoms. The van der Waals surface area contributed by atoms with Gasteiger partial charge in [0.05, 0.1) is 12.6 Å². The number of rotatable bonds is 7. The van der Waals surface area contributed by atoms with Crippen molar-refractivity contribution in [2.24, 2.45) is 5.73 Å². The normalized spacial score (nSPS) is 15.4. The third-order valence-corrected chi connectivity index (χ3v) is 2.14. The molecule has 0 heterocycles. The lowest BCUT2D eigenvalue weighted by Crippen LogP contribution is -2.33. The third kappa shape index (κ3) is 5.74. The highest BCUT2D eigenvalue weighted by Crippen LogP contribution is 2.03. The van der Waals surface area contributed by atoms with E-state index in [1.807, 2.05) is 0 Å². The van der Waals surface area contributed by atoms with Gasteiger partial charge in [0, 0.05) is 6.04 Å². The number of nitrogens with one attached hydrogen (secondary N) is 1. The molecular weight excluding hydrogens is 168 g/mol. The first-order valence-corrected chi connectivity index (χ1v) is 4.66. The highest BCUT2D eigenvalue weighted by molar-refractivity contribution is 5.81. The molecule has 0 saturated carbocycles. The second-order valence-electron chi connectivity index (χ2n) is 3.33. The van der Waals surface area contributed by atoms with E-state index in [2.05, 4.69) is 5.32 Å². The van der Waals surface area contributed by atoms with Crippen LogP contribution in [-0.4, -0.2) is 36.6 Å². The lowest BCUT2D eigenvalue weighted by Gasteiger charge is -2.13.